The average molecular weight is 447 g/mol. The number of thiophene rings is 1. The third-order valence-electron chi connectivity index (χ3n) is 6.18. The number of hydrogen-bond donors (Lipinski definition) is 2. The van der Waals surface area contributed by atoms with Crippen LogP contribution in [0.2, 0.25) is 0 Å². The summed E-state index contributed by atoms with van der Waals surface area (Å²) >= 11 is 1.78. The maximum Gasteiger partial charge on any atom is 0.126 e. The highest BCUT2D eigenvalue weighted by molar-refractivity contribution is 7.22. The van der Waals surface area contributed by atoms with Gasteiger partial charge in [-0.25, -0.2) is 15.0 Å². The molecule has 0 amide bonds. The van der Waals surface area contributed by atoms with Crippen molar-refractivity contribution >= 4 is 54.0 Å². The standard InChI is InChI=1S/C26H18N6S/c1-13-27-12-22(30-13)24-9-17-4-3-16(8-23(17)33-24)15-5-6-18-19(7-15)20-10-28-29-11-21(20)26-25(18)31-14(2)32-26/h3-12,28H,1-2H3,(H,27,30). The molecule has 7 aromatic rings. The lowest BCUT2D eigenvalue weighted by molar-refractivity contribution is 1.05. The number of benzene rings is 3. The first-order valence-corrected chi connectivity index (χ1v) is 11.5. The Bertz CT molecular complexity index is 1860. The van der Waals surface area contributed by atoms with Crippen LogP contribution in [-0.2, 0) is 0 Å². The van der Waals surface area contributed by atoms with Crippen LogP contribution in [0.3, 0.4) is 0 Å². The number of rotatable bonds is 2. The second kappa shape index (κ2) is 6.70. The minimum Gasteiger partial charge on any atom is -0.342 e. The number of aromatic amines is 2. The van der Waals surface area contributed by atoms with Crippen LogP contribution < -0.4 is 0 Å². The molecule has 0 radical (unpaired) electrons. The Balaban J connectivity index is 1.43. The van der Waals surface area contributed by atoms with Crippen molar-refractivity contribution in [1.29, 1.82) is 0 Å². The molecule has 158 valence electrons. The van der Waals surface area contributed by atoms with E-state index in [2.05, 4.69) is 67.6 Å². The zero-order chi connectivity index (χ0) is 22.1. The summed E-state index contributed by atoms with van der Waals surface area (Å²) in [5, 5.41) is 12.8. The number of nitrogens with zero attached hydrogens (tertiary/aromatic N) is 4. The third kappa shape index (κ3) is 2.79. The van der Waals surface area contributed by atoms with Crippen molar-refractivity contribution in [3.05, 3.63) is 72.7 Å². The fourth-order valence-corrected chi connectivity index (χ4v) is 5.70. The van der Waals surface area contributed by atoms with Crippen LogP contribution in [0.5, 0.6) is 0 Å². The highest BCUT2D eigenvalue weighted by Gasteiger charge is 2.14. The zero-order valence-corrected chi connectivity index (χ0v) is 18.8. The van der Waals surface area contributed by atoms with E-state index < -0.39 is 0 Å². The summed E-state index contributed by atoms with van der Waals surface area (Å²) in [7, 11) is 0. The summed E-state index contributed by atoms with van der Waals surface area (Å²) in [5.74, 6) is 1.71. The van der Waals surface area contributed by atoms with Gasteiger partial charge in [0.1, 0.15) is 17.2 Å². The minimum absolute atomic E-state index is 0.780. The number of H-pyrrole nitrogens is 2. The van der Waals surface area contributed by atoms with Crippen molar-refractivity contribution in [3.8, 4) is 21.7 Å². The smallest absolute Gasteiger partial charge is 0.126 e. The third-order valence-corrected chi connectivity index (χ3v) is 7.31. The van der Waals surface area contributed by atoms with Gasteiger partial charge >= 0.3 is 0 Å². The number of hydrogen-bond acceptors (Lipinski definition) is 5. The molecular weight excluding hydrogens is 428 g/mol. The van der Waals surface area contributed by atoms with Gasteiger partial charge in [0.25, 0.3) is 0 Å². The lowest BCUT2D eigenvalue weighted by Crippen LogP contribution is -1.87. The lowest BCUT2D eigenvalue weighted by atomic mass is 9.97. The monoisotopic (exact) mass is 446 g/mol. The molecule has 0 aliphatic heterocycles. The van der Waals surface area contributed by atoms with Crippen molar-refractivity contribution in [1.82, 2.24) is 30.1 Å². The maximum atomic E-state index is 4.71. The summed E-state index contributed by atoms with van der Waals surface area (Å²) in [6, 6.07) is 15.5. The highest BCUT2D eigenvalue weighted by atomic mass is 32.1. The molecule has 3 aromatic carbocycles. The van der Waals surface area contributed by atoms with Crippen LogP contribution >= 0.6 is 11.3 Å². The van der Waals surface area contributed by atoms with Crippen LogP contribution in [0.4, 0.5) is 0 Å². The molecule has 33 heavy (non-hydrogen) atoms. The van der Waals surface area contributed by atoms with Crippen LogP contribution in [0.1, 0.15) is 11.6 Å². The van der Waals surface area contributed by atoms with Crippen molar-refractivity contribution in [2.75, 3.05) is 0 Å². The van der Waals surface area contributed by atoms with Gasteiger partial charge in [0, 0.05) is 27.1 Å². The molecule has 4 aromatic heterocycles. The van der Waals surface area contributed by atoms with E-state index in [1.807, 2.05) is 32.4 Å². The average Bonchev–Trinajstić information content (AvgIpc) is 3.56. The quantitative estimate of drug-likeness (QED) is 0.295. The van der Waals surface area contributed by atoms with E-state index in [0.717, 1.165) is 49.9 Å². The Hall–Kier alpha value is -4.10. The molecule has 7 rings (SSSR count). The molecule has 0 saturated carbocycles. The van der Waals surface area contributed by atoms with Crippen molar-refractivity contribution in [2.24, 2.45) is 0 Å². The number of imidazole rings is 2. The van der Waals surface area contributed by atoms with Crippen LogP contribution in [-0.4, -0.2) is 30.1 Å². The summed E-state index contributed by atoms with van der Waals surface area (Å²) in [4.78, 5) is 18.2. The molecule has 0 spiro atoms. The van der Waals surface area contributed by atoms with Gasteiger partial charge in [-0.2, -0.15) is 5.10 Å². The first-order valence-electron chi connectivity index (χ1n) is 10.7. The highest BCUT2D eigenvalue weighted by Crippen LogP contribution is 2.38. The molecule has 0 aliphatic rings. The van der Waals surface area contributed by atoms with E-state index in [-0.39, 0.29) is 0 Å². The predicted octanol–water partition coefficient (Wildman–Crippen LogP) is 6.55. The predicted molar refractivity (Wildman–Crippen MR) is 135 cm³/mol. The molecule has 0 saturated heterocycles. The van der Waals surface area contributed by atoms with E-state index >= 15 is 0 Å². The molecule has 7 heteroatoms. The summed E-state index contributed by atoms with van der Waals surface area (Å²) in [5.41, 5.74) is 5.26. The summed E-state index contributed by atoms with van der Waals surface area (Å²) in [6.45, 7) is 3.91. The van der Waals surface area contributed by atoms with E-state index in [4.69, 9.17) is 4.98 Å². The summed E-state index contributed by atoms with van der Waals surface area (Å²) in [6.07, 6.45) is 5.69. The van der Waals surface area contributed by atoms with Gasteiger partial charge in [-0.05, 0) is 53.9 Å². The first kappa shape index (κ1) is 18.5. The van der Waals surface area contributed by atoms with Crippen molar-refractivity contribution in [2.45, 2.75) is 13.8 Å². The SMILES string of the molecule is Cc1nc2c3ccc(-c4ccc5cc(-c6cnc(C)[nH]6)sc5c4)cc3c3c[nH]ncc3c2n1. The number of nitrogens with one attached hydrogen (secondary N) is 2. The zero-order valence-electron chi connectivity index (χ0n) is 18.0. The van der Waals surface area contributed by atoms with E-state index in [9.17, 15) is 0 Å². The molecule has 0 bridgehead atoms. The number of aromatic nitrogens is 6. The van der Waals surface area contributed by atoms with Crippen LogP contribution in [0.15, 0.2) is 61.1 Å². The fourth-order valence-electron chi connectivity index (χ4n) is 4.64. The van der Waals surface area contributed by atoms with Gasteiger partial charge in [-0.15, -0.1) is 11.3 Å². The maximum absolute atomic E-state index is 4.71. The Kier molecular flexibility index (Phi) is 3.75. The van der Waals surface area contributed by atoms with Crippen molar-refractivity contribution in [3.63, 3.8) is 0 Å². The first-order chi connectivity index (χ1) is 16.1. The fraction of sp³-hybridized carbons (Fsp3) is 0.0769. The second-order valence-corrected chi connectivity index (χ2v) is 9.42. The van der Waals surface area contributed by atoms with Gasteiger partial charge in [0.15, 0.2) is 0 Å². The van der Waals surface area contributed by atoms with E-state index in [1.165, 1.54) is 26.1 Å². The number of fused-ring (bicyclic) bond motifs is 7. The normalized spacial score (nSPS) is 11.9. The Labute approximate surface area is 192 Å². The van der Waals surface area contributed by atoms with Crippen molar-refractivity contribution < 1.29 is 0 Å². The molecule has 4 heterocycles. The van der Waals surface area contributed by atoms with Gasteiger partial charge in [-0.1, -0.05) is 24.3 Å². The second-order valence-electron chi connectivity index (χ2n) is 8.33. The molecule has 0 atom stereocenters. The molecular formula is C26H18N6S. The molecule has 6 nitrogen and oxygen atoms in total. The molecule has 0 unspecified atom stereocenters. The van der Waals surface area contributed by atoms with Crippen LogP contribution in [0.25, 0.3) is 64.4 Å². The van der Waals surface area contributed by atoms with Gasteiger partial charge < -0.3 is 4.98 Å². The Morgan fingerprint density at radius 3 is 2.45 bits per heavy atom. The summed E-state index contributed by atoms with van der Waals surface area (Å²) < 4.78 is 1.25. The Morgan fingerprint density at radius 1 is 0.788 bits per heavy atom. The molecule has 0 aliphatic carbocycles. The largest absolute Gasteiger partial charge is 0.342 e. The topological polar surface area (TPSA) is 83.1 Å². The lowest BCUT2D eigenvalue weighted by Gasteiger charge is -2.08. The molecule has 2 N–H and O–H groups in total. The number of aryl methyl sites for hydroxylation is 2. The minimum atomic E-state index is 0.780. The van der Waals surface area contributed by atoms with Gasteiger partial charge in [-0.3, -0.25) is 5.10 Å². The van der Waals surface area contributed by atoms with Crippen LogP contribution in [0, 0.1) is 13.8 Å². The Morgan fingerprint density at radius 2 is 1.61 bits per heavy atom. The van der Waals surface area contributed by atoms with E-state index in [0.29, 0.717) is 0 Å². The van der Waals surface area contributed by atoms with E-state index in [1.54, 1.807) is 11.3 Å². The van der Waals surface area contributed by atoms with Gasteiger partial charge in [0.2, 0.25) is 0 Å². The van der Waals surface area contributed by atoms with Gasteiger partial charge in [0.05, 0.1) is 28.5 Å². The molecule has 0 fully saturated rings.